The topological polar surface area (TPSA) is 101 Å². The quantitative estimate of drug-likeness (QED) is 0.348. The molecule has 0 radical (unpaired) electrons. The summed E-state index contributed by atoms with van der Waals surface area (Å²) in [5, 5.41) is 14.6. The van der Waals surface area contributed by atoms with Crippen LogP contribution in [-0.4, -0.2) is 21.9 Å². The average molecular weight is 292 g/mol. The van der Waals surface area contributed by atoms with Crippen LogP contribution >= 0.6 is 11.3 Å². The number of rotatable bonds is 4. The minimum absolute atomic E-state index is 0.101. The Morgan fingerprint density at radius 2 is 2.35 bits per heavy atom. The molecular formula is C13H16N4O2S. The van der Waals surface area contributed by atoms with E-state index in [-0.39, 0.29) is 11.7 Å². The van der Waals surface area contributed by atoms with Gasteiger partial charge in [-0.25, -0.2) is 4.98 Å². The van der Waals surface area contributed by atoms with Gasteiger partial charge in [0.2, 0.25) is 5.91 Å². The fraction of sp³-hybridized carbons (Fsp3) is 0.308. The molecule has 0 saturated heterocycles. The van der Waals surface area contributed by atoms with Gasteiger partial charge in [-0.1, -0.05) is 12.1 Å². The molecule has 0 spiro atoms. The number of amidine groups is 1. The number of fused-ring (bicyclic) bond motifs is 1. The van der Waals surface area contributed by atoms with E-state index in [9.17, 15) is 4.79 Å². The number of hydrogen-bond acceptors (Lipinski definition) is 5. The fourth-order valence-electron chi connectivity index (χ4n) is 1.77. The van der Waals surface area contributed by atoms with Crippen LogP contribution in [0.15, 0.2) is 28.9 Å². The third-order valence-corrected chi connectivity index (χ3v) is 4.26. The number of benzene rings is 1. The van der Waals surface area contributed by atoms with Crippen molar-refractivity contribution in [2.24, 2.45) is 16.3 Å². The third kappa shape index (κ3) is 2.44. The summed E-state index contributed by atoms with van der Waals surface area (Å²) in [6, 6.07) is 5.48. The molecule has 0 aliphatic heterocycles. The van der Waals surface area contributed by atoms with Gasteiger partial charge in [-0.05, 0) is 31.5 Å². The van der Waals surface area contributed by atoms with Crippen molar-refractivity contribution >= 4 is 39.0 Å². The first kappa shape index (κ1) is 14.3. The molecular weight excluding hydrogens is 276 g/mol. The SMILES string of the molecule is CCC(C)(C(=O)Nc1ccc2ncsc2c1)/C(N)=N/O. The zero-order valence-electron chi connectivity index (χ0n) is 11.3. The first-order valence-corrected chi connectivity index (χ1v) is 7.02. The lowest BCUT2D eigenvalue weighted by Gasteiger charge is -2.25. The van der Waals surface area contributed by atoms with E-state index < -0.39 is 5.41 Å². The molecule has 2 aromatic rings. The van der Waals surface area contributed by atoms with E-state index in [1.807, 2.05) is 19.1 Å². The summed E-state index contributed by atoms with van der Waals surface area (Å²) < 4.78 is 0.991. The average Bonchev–Trinajstić information content (AvgIpc) is 2.92. The predicted molar refractivity (Wildman–Crippen MR) is 80.1 cm³/mol. The number of hydrogen-bond donors (Lipinski definition) is 3. The Hall–Kier alpha value is -2.15. The Balaban J connectivity index is 2.25. The fourth-order valence-corrected chi connectivity index (χ4v) is 2.49. The van der Waals surface area contributed by atoms with Crippen LogP contribution in [0, 0.1) is 5.41 Å². The molecule has 20 heavy (non-hydrogen) atoms. The normalized spacial score (nSPS) is 15.0. The number of oxime groups is 1. The number of thiazole rings is 1. The van der Waals surface area contributed by atoms with Gasteiger partial charge in [0.15, 0.2) is 5.84 Å². The molecule has 106 valence electrons. The van der Waals surface area contributed by atoms with E-state index in [2.05, 4.69) is 15.5 Å². The monoisotopic (exact) mass is 292 g/mol. The summed E-state index contributed by atoms with van der Waals surface area (Å²) in [5.41, 5.74) is 7.89. The Morgan fingerprint density at radius 1 is 1.60 bits per heavy atom. The molecule has 1 aromatic carbocycles. The summed E-state index contributed by atoms with van der Waals surface area (Å²) in [6.07, 6.45) is 0.428. The molecule has 1 amide bonds. The second kappa shape index (κ2) is 5.46. The number of carbonyl (C=O) groups excluding carboxylic acids is 1. The van der Waals surface area contributed by atoms with Gasteiger partial charge in [0, 0.05) is 5.69 Å². The zero-order valence-corrected chi connectivity index (χ0v) is 12.1. The lowest BCUT2D eigenvalue weighted by Crippen LogP contribution is -2.44. The van der Waals surface area contributed by atoms with Gasteiger partial charge in [0.25, 0.3) is 0 Å². The van der Waals surface area contributed by atoms with Crippen LogP contribution in [0.5, 0.6) is 0 Å². The first-order valence-electron chi connectivity index (χ1n) is 6.14. The van der Waals surface area contributed by atoms with Crippen molar-refractivity contribution in [2.75, 3.05) is 5.32 Å². The summed E-state index contributed by atoms with van der Waals surface area (Å²) in [7, 11) is 0. The predicted octanol–water partition coefficient (Wildman–Crippen LogP) is 2.40. The highest BCUT2D eigenvalue weighted by Crippen LogP contribution is 2.26. The number of amides is 1. The van der Waals surface area contributed by atoms with Crippen LogP contribution in [0.25, 0.3) is 10.2 Å². The van der Waals surface area contributed by atoms with Crippen LogP contribution in [0.4, 0.5) is 5.69 Å². The molecule has 4 N–H and O–H groups in total. The Labute approximate surface area is 120 Å². The van der Waals surface area contributed by atoms with Gasteiger partial charge in [-0.3, -0.25) is 4.79 Å². The molecule has 0 saturated carbocycles. The number of carbonyl (C=O) groups is 1. The molecule has 1 heterocycles. The minimum atomic E-state index is -1.04. The highest BCUT2D eigenvalue weighted by molar-refractivity contribution is 7.16. The second-order valence-electron chi connectivity index (χ2n) is 4.66. The number of nitrogens with zero attached hydrogens (tertiary/aromatic N) is 2. The van der Waals surface area contributed by atoms with Crippen molar-refractivity contribution in [2.45, 2.75) is 20.3 Å². The maximum absolute atomic E-state index is 12.3. The van der Waals surface area contributed by atoms with Gasteiger partial charge < -0.3 is 16.3 Å². The lowest BCUT2D eigenvalue weighted by atomic mass is 9.85. The van der Waals surface area contributed by atoms with Crippen LogP contribution in [0.2, 0.25) is 0 Å². The van der Waals surface area contributed by atoms with Crippen LogP contribution < -0.4 is 11.1 Å². The molecule has 0 aliphatic carbocycles. The molecule has 1 aromatic heterocycles. The summed E-state index contributed by atoms with van der Waals surface area (Å²) in [5.74, 6) is -0.407. The zero-order chi connectivity index (χ0) is 14.8. The van der Waals surface area contributed by atoms with E-state index in [1.165, 1.54) is 11.3 Å². The Bertz CT molecular complexity index is 667. The van der Waals surface area contributed by atoms with E-state index >= 15 is 0 Å². The molecule has 1 unspecified atom stereocenters. The highest BCUT2D eigenvalue weighted by atomic mass is 32.1. The van der Waals surface area contributed by atoms with E-state index in [0.717, 1.165) is 10.2 Å². The van der Waals surface area contributed by atoms with Gasteiger partial charge in [-0.15, -0.1) is 11.3 Å². The molecule has 6 nitrogen and oxygen atoms in total. The van der Waals surface area contributed by atoms with Crippen molar-refractivity contribution in [3.05, 3.63) is 23.7 Å². The molecule has 0 bridgehead atoms. The van der Waals surface area contributed by atoms with Crippen molar-refractivity contribution in [3.8, 4) is 0 Å². The number of aromatic nitrogens is 1. The van der Waals surface area contributed by atoms with Crippen molar-refractivity contribution in [1.82, 2.24) is 4.98 Å². The van der Waals surface area contributed by atoms with Gasteiger partial charge in [-0.2, -0.15) is 0 Å². The summed E-state index contributed by atoms with van der Waals surface area (Å²) >= 11 is 1.50. The van der Waals surface area contributed by atoms with Crippen LogP contribution in [0.1, 0.15) is 20.3 Å². The van der Waals surface area contributed by atoms with Crippen LogP contribution in [0.3, 0.4) is 0 Å². The molecule has 7 heteroatoms. The Morgan fingerprint density at radius 3 is 3.00 bits per heavy atom. The molecule has 0 fully saturated rings. The highest BCUT2D eigenvalue weighted by Gasteiger charge is 2.36. The molecule has 0 aliphatic rings. The Kier molecular flexibility index (Phi) is 3.89. The minimum Gasteiger partial charge on any atom is -0.409 e. The van der Waals surface area contributed by atoms with Crippen molar-refractivity contribution < 1.29 is 10.0 Å². The van der Waals surface area contributed by atoms with E-state index in [4.69, 9.17) is 10.9 Å². The van der Waals surface area contributed by atoms with Gasteiger partial charge in [0.1, 0.15) is 5.41 Å². The number of nitrogens with two attached hydrogens (primary N) is 1. The summed E-state index contributed by atoms with van der Waals surface area (Å²) in [4.78, 5) is 16.5. The molecule has 1 atom stereocenters. The van der Waals surface area contributed by atoms with E-state index in [1.54, 1.807) is 18.5 Å². The largest absolute Gasteiger partial charge is 0.409 e. The van der Waals surface area contributed by atoms with Crippen molar-refractivity contribution in [3.63, 3.8) is 0 Å². The van der Waals surface area contributed by atoms with Gasteiger partial charge in [0.05, 0.1) is 15.7 Å². The second-order valence-corrected chi connectivity index (χ2v) is 5.55. The molecule has 2 rings (SSSR count). The summed E-state index contributed by atoms with van der Waals surface area (Å²) in [6.45, 7) is 3.45. The van der Waals surface area contributed by atoms with Crippen LogP contribution in [-0.2, 0) is 4.79 Å². The van der Waals surface area contributed by atoms with E-state index in [0.29, 0.717) is 12.1 Å². The number of anilines is 1. The van der Waals surface area contributed by atoms with Crippen molar-refractivity contribution in [1.29, 1.82) is 0 Å². The van der Waals surface area contributed by atoms with Gasteiger partial charge >= 0.3 is 0 Å². The lowest BCUT2D eigenvalue weighted by molar-refractivity contribution is -0.121. The number of nitrogens with one attached hydrogen (secondary N) is 1. The standard InChI is InChI=1S/C13H16N4O2S/c1-3-13(2,11(14)17-19)12(18)16-8-4-5-9-10(6-8)20-7-15-9/h4-7,19H,3H2,1-2H3,(H2,14,17)(H,16,18). The third-order valence-electron chi connectivity index (χ3n) is 3.47. The maximum Gasteiger partial charge on any atom is 0.238 e. The first-order chi connectivity index (χ1) is 9.51. The smallest absolute Gasteiger partial charge is 0.238 e. The maximum atomic E-state index is 12.3.